The molecule has 4 N–H and O–H groups in total. The van der Waals surface area contributed by atoms with E-state index in [-0.39, 0.29) is 0 Å². The molecule has 0 radical (unpaired) electrons. The van der Waals surface area contributed by atoms with Crippen LogP contribution in [0.1, 0.15) is 30.1 Å². The lowest BCUT2D eigenvalue weighted by molar-refractivity contribution is 0.0999. The van der Waals surface area contributed by atoms with Gasteiger partial charge in [0.15, 0.2) is 0 Å². The minimum atomic E-state index is -0.413. The molecule has 0 spiro atoms. The molecule has 0 aliphatic carbocycles. The van der Waals surface area contributed by atoms with Crippen LogP contribution in [-0.4, -0.2) is 24.5 Å². The van der Waals surface area contributed by atoms with Crippen molar-refractivity contribution < 1.29 is 4.79 Å². The predicted octanol–water partition coefficient (Wildman–Crippen LogP) is 2.10. The Balaban J connectivity index is 2.05. The van der Waals surface area contributed by atoms with Crippen LogP contribution in [0, 0.1) is 0 Å². The summed E-state index contributed by atoms with van der Waals surface area (Å²) in [5.41, 5.74) is 6.80. The van der Waals surface area contributed by atoms with Crippen molar-refractivity contribution >= 4 is 27.5 Å². The molecule has 1 aromatic rings. The zero-order valence-corrected chi connectivity index (χ0v) is 12.0. The van der Waals surface area contributed by atoms with E-state index in [0.717, 1.165) is 29.5 Å². The number of rotatable bonds is 3. The van der Waals surface area contributed by atoms with E-state index in [9.17, 15) is 4.79 Å². The Kier molecular flexibility index (Phi) is 4.24. The van der Waals surface area contributed by atoms with Crippen LogP contribution in [-0.2, 0) is 0 Å². The topological polar surface area (TPSA) is 67.1 Å². The summed E-state index contributed by atoms with van der Waals surface area (Å²) in [5, 5.41) is 6.92. The van der Waals surface area contributed by atoms with Crippen LogP contribution < -0.4 is 16.4 Å². The van der Waals surface area contributed by atoms with Gasteiger partial charge in [-0.05, 0) is 60.4 Å². The molecule has 98 valence electrons. The van der Waals surface area contributed by atoms with Crippen LogP contribution in [0.15, 0.2) is 22.7 Å². The van der Waals surface area contributed by atoms with Gasteiger partial charge in [0.05, 0.1) is 5.56 Å². The second-order valence-corrected chi connectivity index (χ2v) is 5.63. The lowest BCUT2D eigenvalue weighted by Gasteiger charge is -2.29. The van der Waals surface area contributed by atoms with Crippen LogP contribution in [0.3, 0.4) is 0 Å². The molecule has 0 aromatic heterocycles. The third-order valence-corrected chi connectivity index (χ3v) is 3.89. The van der Waals surface area contributed by atoms with Crippen LogP contribution in [0.5, 0.6) is 0 Å². The number of anilines is 1. The fraction of sp³-hybridized carbons (Fsp3) is 0.462. The lowest BCUT2D eigenvalue weighted by atomic mass is 10.0. The van der Waals surface area contributed by atoms with Crippen molar-refractivity contribution in [3.8, 4) is 0 Å². The standard InChI is InChI=1S/C13H18BrN3O/c1-8-6-10(4-5-16-8)17-9-2-3-11(13(15)18)12(14)7-9/h2-3,7-8,10,16-17H,4-6H2,1H3,(H2,15,18). The molecule has 2 unspecified atom stereocenters. The molecule has 1 aromatic carbocycles. The molecule has 2 atom stereocenters. The van der Waals surface area contributed by atoms with Gasteiger partial charge in [-0.2, -0.15) is 0 Å². The van der Waals surface area contributed by atoms with E-state index >= 15 is 0 Å². The number of benzene rings is 1. The van der Waals surface area contributed by atoms with Crippen LogP contribution >= 0.6 is 15.9 Å². The lowest BCUT2D eigenvalue weighted by Crippen LogP contribution is -2.41. The Morgan fingerprint density at radius 3 is 2.94 bits per heavy atom. The fourth-order valence-corrected chi connectivity index (χ4v) is 2.88. The predicted molar refractivity (Wildman–Crippen MR) is 76.8 cm³/mol. The number of primary amides is 1. The van der Waals surface area contributed by atoms with E-state index < -0.39 is 5.91 Å². The van der Waals surface area contributed by atoms with Crippen molar-refractivity contribution in [2.75, 3.05) is 11.9 Å². The Hall–Kier alpha value is -1.07. The molecule has 0 bridgehead atoms. The first-order chi connectivity index (χ1) is 8.56. The van der Waals surface area contributed by atoms with Gasteiger partial charge in [-0.15, -0.1) is 0 Å². The molecule has 18 heavy (non-hydrogen) atoms. The van der Waals surface area contributed by atoms with Gasteiger partial charge in [-0.3, -0.25) is 4.79 Å². The third-order valence-electron chi connectivity index (χ3n) is 3.23. The van der Waals surface area contributed by atoms with Crippen molar-refractivity contribution in [1.82, 2.24) is 5.32 Å². The molecular formula is C13H18BrN3O. The van der Waals surface area contributed by atoms with Gasteiger partial charge in [0.2, 0.25) is 5.91 Å². The summed E-state index contributed by atoms with van der Waals surface area (Å²) in [6.07, 6.45) is 2.22. The maximum atomic E-state index is 11.1. The van der Waals surface area contributed by atoms with E-state index in [4.69, 9.17) is 5.73 Å². The minimum Gasteiger partial charge on any atom is -0.382 e. The highest BCUT2D eigenvalue weighted by molar-refractivity contribution is 9.10. The monoisotopic (exact) mass is 311 g/mol. The van der Waals surface area contributed by atoms with Crippen molar-refractivity contribution in [3.05, 3.63) is 28.2 Å². The van der Waals surface area contributed by atoms with Gasteiger partial charge < -0.3 is 16.4 Å². The Bertz CT molecular complexity index is 450. The first-order valence-electron chi connectivity index (χ1n) is 6.15. The number of hydrogen-bond donors (Lipinski definition) is 3. The van der Waals surface area contributed by atoms with Crippen molar-refractivity contribution in [2.24, 2.45) is 5.73 Å². The molecule has 2 rings (SSSR count). The average molecular weight is 312 g/mol. The molecule has 1 heterocycles. The second kappa shape index (κ2) is 5.71. The van der Waals surface area contributed by atoms with Crippen LogP contribution in [0.25, 0.3) is 0 Å². The van der Waals surface area contributed by atoms with Crippen molar-refractivity contribution in [2.45, 2.75) is 31.8 Å². The zero-order chi connectivity index (χ0) is 13.1. The number of nitrogens with two attached hydrogens (primary N) is 1. The molecular weight excluding hydrogens is 294 g/mol. The van der Waals surface area contributed by atoms with Gasteiger partial charge in [0.25, 0.3) is 0 Å². The molecule has 0 saturated carbocycles. The molecule has 1 aliphatic rings. The number of piperidine rings is 1. The number of carbonyl (C=O) groups excluding carboxylic acids is 1. The SMILES string of the molecule is CC1CC(Nc2ccc(C(N)=O)c(Br)c2)CCN1. The van der Waals surface area contributed by atoms with Crippen LogP contribution in [0.2, 0.25) is 0 Å². The van der Waals surface area contributed by atoms with Gasteiger partial charge in [0, 0.05) is 22.2 Å². The number of hydrogen-bond acceptors (Lipinski definition) is 3. The van der Waals surface area contributed by atoms with Gasteiger partial charge in [0.1, 0.15) is 0 Å². The maximum Gasteiger partial charge on any atom is 0.249 e. The first kappa shape index (κ1) is 13.4. The summed E-state index contributed by atoms with van der Waals surface area (Å²) >= 11 is 3.37. The quantitative estimate of drug-likeness (QED) is 0.801. The van der Waals surface area contributed by atoms with Crippen molar-refractivity contribution in [1.29, 1.82) is 0 Å². The minimum absolute atomic E-state index is 0.413. The van der Waals surface area contributed by atoms with E-state index in [2.05, 4.69) is 33.5 Å². The normalized spacial score (nSPS) is 23.7. The van der Waals surface area contributed by atoms with E-state index in [1.54, 1.807) is 6.07 Å². The summed E-state index contributed by atoms with van der Waals surface area (Å²) in [6, 6.07) is 6.58. The highest BCUT2D eigenvalue weighted by atomic mass is 79.9. The Morgan fingerprint density at radius 2 is 2.33 bits per heavy atom. The third kappa shape index (κ3) is 3.23. The highest BCUT2D eigenvalue weighted by Crippen LogP contribution is 2.23. The van der Waals surface area contributed by atoms with E-state index in [1.165, 1.54) is 0 Å². The molecule has 1 amide bonds. The molecule has 4 nitrogen and oxygen atoms in total. The van der Waals surface area contributed by atoms with Crippen LogP contribution in [0.4, 0.5) is 5.69 Å². The summed E-state index contributed by atoms with van der Waals surface area (Å²) < 4.78 is 0.738. The molecule has 5 heteroatoms. The highest BCUT2D eigenvalue weighted by Gasteiger charge is 2.18. The summed E-state index contributed by atoms with van der Waals surface area (Å²) in [6.45, 7) is 3.24. The molecule has 1 saturated heterocycles. The number of nitrogens with one attached hydrogen (secondary N) is 2. The van der Waals surface area contributed by atoms with Crippen molar-refractivity contribution in [3.63, 3.8) is 0 Å². The number of halogens is 1. The summed E-state index contributed by atoms with van der Waals surface area (Å²) in [5.74, 6) is -0.413. The maximum absolute atomic E-state index is 11.1. The van der Waals surface area contributed by atoms with Gasteiger partial charge >= 0.3 is 0 Å². The Morgan fingerprint density at radius 1 is 1.56 bits per heavy atom. The van der Waals surface area contributed by atoms with E-state index in [1.807, 2.05) is 12.1 Å². The number of carbonyl (C=O) groups is 1. The van der Waals surface area contributed by atoms with E-state index in [0.29, 0.717) is 17.6 Å². The smallest absolute Gasteiger partial charge is 0.249 e. The summed E-state index contributed by atoms with van der Waals surface area (Å²) in [4.78, 5) is 11.1. The van der Waals surface area contributed by atoms with Gasteiger partial charge in [-0.1, -0.05) is 0 Å². The average Bonchev–Trinajstić information content (AvgIpc) is 2.28. The zero-order valence-electron chi connectivity index (χ0n) is 10.4. The second-order valence-electron chi connectivity index (χ2n) is 4.78. The number of amides is 1. The molecule has 1 aliphatic heterocycles. The summed E-state index contributed by atoms with van der Waals surface area (Å²) in [7, 11) is 0. The van der Waals surface area contributed by atoms with Gasteiger partial charge in [-0.25, -0.2) is 0 Å². The largest absolute Gasteiger partial charge is 0.382 e. The fourth-order valence-electron chi connectivity index (χ4n) is 2.30. The Labute approximate surface area is 115 Å². The first-order valence-corrected chi connectivity index (χ1v) is 6.95. The molecule has 1 fully saturated rings.